The number of rotatable bonds is 6. The van der Waals surface area contributed by atoms with Crippen molar-refractivity contribution in [1.29, 1.82) is 0 Å². The number of anilines is 1. The molecule has 1 aromatic heterocycles. The molecule has 0 saturated heterocycles. The number of nitrogens with one attached hydrogen (secondary N) is 2. The molecule has 0 bridgehead atoms. The van der Waals surface area contributed by atoms with Gasteiger partial charge in [0, 0.05) is 17.6 Å². The van der Waals surface area contributed by atoms with Crippen molar-refractivity contribution in [1.82, 2.24) is 10.4 Å². The molecule has 0 saturated carbocycles. The molecule has 6 heteroatoms. The number of para-hydroxylation sites is 1. The van der Waals surface area contributed by atoms with Crippen molar-refractivity contribution in [3.8, 4) is 0 Å². The molecule has 0 aliphatic rings. The van der Waals surface area contributed by atoms with Gasteiger partial charge in [-0.3, -0.25) is 14.6 Å². The van der Waals surface area contributed by atoms with Gasteiger partial charge in [0.25, 0.3) is 5.91 Å². The molecule has 0 spiro atoms. The second-order valence-corrected chi connectivity index (χ2v) is 5.97. The van der Waals surface area contributed by atoms with Gasteiger partial charge in [0.15, 0.2) is 0 Å². The van der Waals surface area contributed by atoms with Crippen LogP contribution < -0.4 is 10.7 Å². The molecule has 2 N–H and O–H groups in total. The third-order valence-electron chi connectivity index (χ3n) is 3.52. The van der Waals surface area contributed by atoms with Gasteiger partial charge in [0.1, 0.15) is 5.69 Å². The topological polar surface area (TPSA) is 83.5 Å². The van der Waals surface area contributed by atoms with Crippen molar-refractivity contribution in [2.75, 3.05) is 5.32 Å². The number of aromatic nitrogens is 1. The first-order valence-corrected chi connectivity index (χ1v) is 8.10. The van der Waals surface area contributed by atoms with Crippen LogP contribution in [0.1, 0.15) is 49.2 Å². The van der Waals surface area contributed by atoms with Crippen molar-refractivity contribution in [3.05, 3.63) is 59.9 Å². The smallest absolute Gasteiger partial charge is 0.289 e. The lowest BCUT2D eigenvalue weighted by Crippen LogP contribution is -2.22. The number of carbonyl (C=O) groups is 2. The number of carbonyl (C=O) groups excluding carboxylic acids is 2. The van der Waals surface area contributed by atoms with Crippen molar-refractivity contribution in [2.45, 2.75) is 33.1 Å². The Morgan fingerprint density at radius 3 is 2.52 bits per heavy atom. The summed E-state index contributed by atoms with van der Waals surface area (Å²) >= 11 is 0. The first-order chi connectivity index (χ1) is 12.0. The quantitative estimate of drug-likeness (QED) is 0.626. The lowest BCUT2D eigenvalue weighted by atomic mass is 10.0. The SMILES string of the molecule is C/C(CC(=O)Nc1ccccc1C(C)C)=N\NC(=O)c1ccccn1. The third-order valence-corrected chi connectivity index (χ3v) is 3.52. The molecule has 1 heterocycles. The molecule has 2 rings (SSSR count). The minimum Gasteiger partial charge on any atom is -0.325 e. The Hall–Kier alpha value is -3.02. The average Bonchev–Trinajstić information content (AvgIpc) is 2.60. The monoisotopic (exact) mass is 338 g/mol. The summed E-state index contributed by atoms with van der Waals surface area (Å²) in [6, 6.07) is 12.7. The number of nitrogens with zero attached hydrogens (tertiary/aromatic N) is 2. The summed E-state index contributed by atoms with van der Waals surface area (Å²) in [6.45, 7) is 5.84. The summed E-state index contributed by atoms with van der Waals surface area (Å²) in [5.74, 6) is -0.282. The maximum atomic E-state index is 12.2. The zero-order valence-corrected chi connectivity index (χ0v) is 14.6. The van der Waals surface area contributed by atoms with E-state index in [2.05, 4.69) is 34.7 Å². The van der Waals surface area contributed by atoms with Gasteiger partial charge in [0.2, 0.25) is 5.91 Å². The van der Waals surface area contributed by atoms with Crippen LogP contribution >= 0.6 is 0 Å². The van der Waals surface area contributed by atoms with Crippen molar-refractivity contribution >= 4 is 23.2 Å². The fourth-order valence-electron chi connectivity index (χ4n) is 2.28. The van der Waals surface area contributed by atoms with Crippen LogP contribution in [0, 0.1) is 0 Å². The highest BCUT2D eigenvalue weighted by Crippen LogP contribution is 2.23. The molecular weight excluding hydrogens is 316 g/mol. The highest BCUT2D eigenvalue weighted by atomic mass is 16.2. The Bertz CT molecular complexity index is 770. The van der Waals surface area contributed by atoms with Crippen LogP contribution in [0.4, 0.5) is 5.69 Å². The van der Waals surface area contributed by atoms with E-state index < -0.39 is 5.91 Å². The van der Waals surface area contributed by atoms with Crippen molar-refractivity contribution < 1.29 is 9.59 Å². The lowest BCUT2D eigenvalue weighted by molar-refractivity contribution is -0.115. The average molecular weight is 338 g/mol. The van der Waals surface area contributed by atoms with Gasteiger partial charge in [-0.25, -0.2) is 5.43 Å². The van der Waals surface area contributed by atoms with Crippen LogP contribution in [0.2, 0.25) is 0 Å². The molecule has 0 aliphatic heterocycles. The van der Waals surface area contributed by atoms with Gasteiger partial charge < -0.3 is 5.32 Å². The number of pyridine rings is 1. The van der Waals surface area contributed by atoms with Crippen LogP contribution in [-0.4, -0.2) is 22.5 Å². The second-order valence-electron chi connectivity index (χ2n) is 5.97. The highest BCUT2D eigenvalue weighted by Gasteiger charge is 2.11. The van der Waals surface area contributed by atoms with E-state index in [-0.39, 0.29) is 18.0 Å². The molecule has 0 radical (unpaired) electrons. The molecule has 2 amide bonds. The molecular formula is C19H22N4O2. The zero-order valence-electron chi connectivity index (χ0n) is 14.6. The molecule has 1 aromatic carbocycles. The largest absolute Gasteiger partial charge is 0.325 e. The first kappa shape index (κ1) is 18.3. The van der Waals surface area contributed by atoms with Gasteiger partial charge in [0.05, 0.1) is 6.42 Å². The normalized spacial score (nSPS) is 11.3. The second kappa shape index (κ2) is 8.73. The predicted molar refractivity (Wildman–Crippen MR) is 98.6 cm³/mol. The van der Waals surface area contributed by atoms with Gasteiger partial charge in [-0.15, -0.1) is 0 Å². The molecule has 130 valence electrons. The molecule has 0 atom stereocenters. The van der Waals surface area contributed by atoms with Gasteiger partial charge in [-0.2, -0.15) is 5.10 Å². The fourth-order valence-corrected chi connectivity index (χ4v) is 2.28. The molecule has 0 aliphatic carbocycles. The van der Waals surface area contributed by atoms with Crippen LogP contribution in [0.25, 0.3) is 0 Å². The molecule has 25 heavy (non-hydrogen) atoms. The minimum absolute atomic E-state index is 0.0922. The van der Waals surface area contributed by atoms with E-state index in [0.29, 0.717) is 11.6 Å². The predicted octanol–water partition coefficient (Wildman–Crippen LogP) is 3.34. The molecule has 6 nitrogen and oxygen atoms in total. The summed E-state index contributed by atoms with van der Waals surface area (Å²) in [5, 5.41) is 6.85. The van der Waals surface area contributed by atoms with Crippen molar-refractivity contribution in [2.24, 2.45) is 5.10 Å². The van der Waals surface area contributed by atoms with E-state index in [0.717, 1.165) is 11.3 Å². The van der Waals surface area contributed by atoms with Crippen molar-refractivity contribution in [3.63, 3.8) is 0 Å². The van der Waals surface area contributed by atoms with Gasteiger partial charge >= 0.3 is 0 Å². The number of hydrogen-bond donors (Lipinski definition) is 2. The van der Waals surface area contributed by atoms with E-state index >= 15 is 0 Å². The molecule has 2 aromatic rings. The van der Waals surface area contributed by atoms with E-state index in [1.54, 1.807) is 25.1 Å². The Balaban J connectivity index is 1.93. The zero-order chi connectivity index (χ0) is 18.2. The summed E-state index contributed by atoms with van der Waals surface area (Å²) < 4.78 is 0. The van der Waals surface area contributed by atoms with Crippen LogP contribution in [0.5, 0.6) is 0 Å². The van der Waals surface area contributed by atoms with Crippen LogP contribution in [0.15, 0.2) is 53.8 Å². The van der Waals surface area contributed by atoms with E-state index in [9.17, 15) is 9.59 Å². The standard InChI is InChI=1S/C19H22N4O2/c1-13(2)15-8-4-5-9-16(15)21-18(24)12-14(3)22-23-19(25)17-10-6-7-11-20-17/h4-11,13H,12H2,1-3H3,(H,21,24)(H,23,25)/b22-14+. The highest BCUT2D eigenvalue weighted by molar-refractivity contribution is 6.06. The van der Waals surface area contributed by atoms with Gasteiger partial charge in [-0.05, 0) is 36.6 Å². The lowest BCUT2D eigenvalue weighted by Gasteiger charge is -2.13. The summed E-state index contributed by atoms with van der Waals surface area (Å²) in [6.07, 6.45) is 1.63. The van der Waals surface area contributed by atoms with E-state index in [1.165, 1.54) is 6.20 Å². The maximum absolute atomic E-state index is 12.2. The first-order valence-electron chi connectivity index (χ1n) is 8.10. The fraction of sp³-hybridized carbons (Fsp3) is 0.263. The number of benzene rings is 1. The minimum atomic E-state index is -0.412. The number of hydrazone groups is 1. The van der Waals surface area contributed by atoms with E-state index in [1.807, 2.05) is 24.3 Å². The number of hydrogen-bond acceptors (Lipinski definition) is 4. The third kappa shape index (κ3) is 5.53. The summed E-state index contributed by atoms with van der Waals surface area (Å²) in [7, 11) is 0. The summed E-state index contributed by atoms with van der Waals surface area (Å²) in [5.41, 5.74) is 5.06. The Morgan fingerprint density at radius 2 is 1.84 bits per heavy atom. The Morgan fingerprint density at radius 1 is 1.12 bits per heavy atom. The molecule has 0 unspecified atom stereocenters. The molecule has 0 fully saturated rings. The summed E-state index contributed by atoms with van der Waals surface area (Å²) in [4.78, 5) is 28.0. The Kier molecular flexibility index (Phi) is 6.39. The maximum Gasteiger partial charge on any atom is 0.289 e. The number of amides is 2. The van der Waals surface area contributed by atoms with E-state index in [4.69, 9.17) is 0 Å². The van der Waals surface area contributed by atoms with Crippen LogP contribution in [0.3, 0.4) is 0 Å². The van der Waals surface area contributed by atoms with Crippen LogP contribution in [-0.2, 0) is 4.79 Å². The van der Waals surface area contributed by atoms with Gasteiger partial charge in [-0.1, -0.05) is 38.1 Å². The Labute approximate surface area is 147 Å².